The molecule has 1 nitrogen and oxygen atoms in total. The molecule has 0 spiro atoms. The van der Waals surface area contributed by atoms with Gasteiger partial charge in [-0.1, -0.05) is 19.8 Å². The molecule has 0 aliphatic heterocycles. The summed E-state index contributed by atoms with van der Waals surface area (Å²) in [7, 11) is 0. The monoisotopic (exact) mass is 396 g/mol. The van der Waals surface area contributed by atoms with Crippen LogP contribution in [0.5, 0.6) is 5.75 Å². The summed E-state index contributed by atoms with van der Waals surface area (Å²) in [4.78, 5) is 0. The normalized spacial score (nSPS) is 40.6. The highest BCUT2D eigenvalue weighted by atomic mass is 19.1. The Morgan fingerprint density at radius 1 is 0.966 bits per heavy atom. The number of benzene rings is 1. The molecule has 0 saturated heterocycles. The molecule has 158 valence electrons. The average molecular weight is 397 g/mol. The summed E-state index contributed by atoms with van der Waals surface area (Å²) >= 11 is 0. The molecule has 6 aliphatic rings. The smallest absolute Gasteiger partial charge is 0.130 e. The quantitative estimate of drug-likeness (QED) is 0.491. The Balaban J connectivity index is 1.21. The van der Waals surface area contributed by atoms with E-state index in [0.717, 1.165) is 48.0 Å². The summed E-state index contributed by atoms with van der Waals surface area (Å²) in [5, 5.41) is 0. The largest absolute Gasteiger partial charge is 0.493 e. The third kappa shape index (κ3) is 3.53. The van der Waals surface area contributed by atoms with Crippen LogP contribution in [0, 0.1) is 40.8 Å². The molecular formula is C27H37FO. The standard InChI is InChI=1S/C27H37FO/c1-17-3-2-4-22(17)10-23-11-24(21-5-6-21)26(12-25(23)28)29-16-27-13-18-7-19(14-27)9-20(8-18)15-27/h11-12,17-22H,2-10,13-16H2,1H3/t17-,18?,19?,20?,22+,27?/m1/s1. The van der Waals surface area contributed by atoms with E-state index in [1.54, 1.807) is 6.07 Å². The van der Waals surface area contributed by atoms with E-state index >= 15 is 4.39 Å². The first-order valence-electron chi connectivity index (χ1n) is 12.5. The van der Waals surface area contributed by atoms with Crippen molar-refractivity contribution in [3.05, 3.63) is 29.1 Å². The summed E-state index contributed by atoms with van der Waals surface area (Å²) in [5.41, 5.74) is 2.66. The molecule has 1 aromatic rings. The number of rotatable bonds is 6. The van der Waals surface area contributed by atoms with Crippen LogP contribution in [0.3, 0.4) is 0 Å². The molecule has 4 bridgehead atoms. The van der Waals surface area contributed by atoms with Gasteiger partial charge in [0.1, 0.15) is 11.6 Å². The molecule has 6 aliphatic carbocycles. The van der Waals surface area contributed by atoms with Crippen molar-refractivity contribution in [2.45, 2.75) is 89.9 Å². The Hall–Kier alpha value is -1.05. The Morgan fingerprint density at radius 2 is 1.66 bits per heavy atom. The van der Waals surface area contributed by atoms with Gasteiger partial charge in [-0.3, -0.25) is 0 Å². The minimum absolute atomic E-state index is 0.0194. The van der Waals surface area contributed by atoms with E-state index in [0.29, 0.717) is 17.3 Å². The minimum Gasteiger partial charge on any atom is -0.493 e. The zero-order valence-corrected chi connectivity index (χ0v) is 18.1. The molecule has 7 rings (SSSR count). The van der Waals surface area contributed by atoms with Crippen LogP contribution < -0.4 is 4.74 Å². The second-order valence-electron chi connectivity index (χ2n) is 11.8. The van der Waals surface area contributed by atoms with Gasteiger partial charge in [0.25, 0.3) is 0 Å². The van der Waals surface area contributed by atoms with Crippen molar-refractivity contribution in [3.63, 3.8) is 0 Å². The van der Waals surface area contributed by atoms with E-state index in [9.17, 15) is 0 Å². The lowest BCUT2D eigenvalue weighted by atomic mass is 9.50. The summed E-state index contributed by atoms with van der Waals surface area (Å²) in [6.07, 6.45) is 15.8. The molecule has 6 fully saturated rings. The maximum atomic E-state index is 15.1. The number of ether oxygens (including phenoxy) is 1. The molecule has 0 heterocycles. The van der Waals surface area contributed by atoms with Crippen molar-refractivity contribution in [1.82, 2.24) is 0 Å². The zero-order valence-electron chi connectivity index (χ0n) is 18.1. The number of hydrogen-bond acceptors (Lipinski definition) is 1. The summed E-state index contributed by atoms with van der Waals surface area (Å²) in [6, 6.07) is 3.97. The molecule has 0 aromatic heterocycles. The van der Waals surface area contributed by atoms with Crippen LogP contribution in [0.1, 0.15) is 94.6 Å². The second kappa shape index (κ2) is 6.99. The zero-order chi connectivity index (χ0) is 19.6. The van der Waals surface area contributed by atoms with E-state index < -0.39 is 0 Å². The van der Waals surface area contributed by atoms with Gasteiger partial charge in [-0.05, 0) is 117 Å². The van der Waals surface area contributed by atoms with Gasteiger partial charge < -0.3 is 4.74 Å². The van der Waals surface area contributed by atoms with Crippen molar-refractivity contribution >= 4 is 0 Å². The molecular weight excluding hydrogens is 359 g/mol. The lowest BCUT2D eigenvalue weighted by Crippen LogP contribution is -2.48. The maximum absolute atomic E-state index is 15.1. The van der Waals surface area contributed by atoms with Gasteiger partial charge in [-0.2, -0.15) is 0 Å². The van der Waals surface area contributed by atoms with Crippen molar-refractivity contribution in [3.8, 4) is 5.75 Å². The van der Waals surface area contributed by atoms with Gasteiger partial charge in [-0.25, -0.2) is 4.39 Å². The van der Waals surface area contributed by atoms with Gasteiger partial charge in [0, 0.05) is 11.5 Å². The average Bonchev–Trinajstić information content (AvgIpc) is 3.44. The van der Waals surface area contributed by atoms with Crippen LogP contribution in [-0.4, -0.2) is 6.61 Å². The van der Waals surface area contributed by atoms with Crippen molar-refractivity contribution in [1.29, 1.82) is 0 Å². The molecule has 2 atom stereocenters. The highest BCUT2D eigenvalue weighted by Gasteiger charge is 2.51. The van der Waals surface area contributed by atoms with E-state index in [1.165, 1.54) is 76.2 Å². The topological polar surface area (TPSA) is 9.23 Å². The lowest BCUT2D eigenvalue weighted by Gasteiger charge is -2.56. The maximum Gasteiger partial charge on any atom is 0.130 e. The summed E-state index contributed by atoms with van der Waals surface area (Å²) in [5.74, 6) is 5.71. The van der Waals surface area contributed by atoms with Crippen molar-refractivity contribution in [2.75, 3.05) is 6.61 Å². The third-order valence-electron chi connectivity index (χ3n) is 9.42. The summed E-state index contributed by atoms with van der Waals surface area (Å²) in [6.45, 7) is 3.18. The van der Waals surface area contributed by atoms with Crippen LogP contribution in [0.4, 0.5) is 4.39 Å². The van der Waals surface area contributed by atoms with Gasteiger partial charge in [-0.15, -0.1) is 0 Å². The second-order valence-corrected chi connectivity index (χ2v) is 11.8. The highest BCUT2D eigenvalue weighted by Crippen LogP contribution is 2.60. The molecule has 0 radical (unpaired) electrons. The van der Waals surface area contributed by atoms with Gasteiger partial charge in [0.05, 0.1) is 6.61 Å². The Labute approximate surface area is 175 Å². The molecule has 0 unspecified atom stereocenters. The fourth-order valence-corrected chi connectivity index (χ4v) is 8.12. The Kier molecular flexibility index (Phi) is 4.51. The van der Waals surface area contributed by atoms with Crippen LogP contribution in [0.25, 0.3) is 0 Å². The predicted molar refractivity (Wildman–Crippen MR) is 115 cm³/mol. The van der Waals surface area contributed by atoms with Crippen LogP contribution in [0.2, 0.25) is 0 Å². The third-order valence-corrected chi connectivity index (χ3v) is 9.42. The molecule has 6 saturated carbocycles. The molecule has 2 heteroatoms. The van der Waals surface area contributed by atoms with E-state index in [-0.39, 0.29) is 5.82 Å². The van der Waals surface area contributed by atoms with Gasteiger partial charge in [0.15, 0.2) is 0 Å². The van der Waals surface area contributed by atoms with Gasteiger partial charge in [0.2, 0.25) is 0 Å². The van der Waals surface area contributed by atoms with Crippen molar-refractivity contribution < 1.29 is 9.13 Å². The van der Waals surface area contributed by atoms with E-state index in [2.05, 4.69) is 13.0 Å². The first-order chi connectivity index (χ1) is 14.1. The summed E-state index contributed by atoms with van der Waals surface area (Å²) < 4.78 is 21.6. The highest BCUT2D eigenvalue weighted by molar-refractivity contribution is 5.43. The van der Waals surface area contributed by atoms with Gasteiger partial charge >= 0.3 is 0 Å². The minimum atomic E-state index is -0.0194. The first kappa shape index (κ1) is 18.7. The molecule has 1 aromatic carbocycles. The fraction of sp³-hybridized carbons (Fsp3) is 0.778. The fourth-order valence-electron chi connectivity index (χ4n) is 8.12. The lowest BCUT2D eigenvalue weighted by molar-refractivity contribution is -0.0747. The number of halogens is 1. The molecule has 0 amide bonds. The van der Waals surface area contributed by atoms with Crippen molar-refractivity contribution in [2.24, 2.45) is 35.0 Å². The van der Waals surface area contributed by atoms with E-state index in [1.807, 2.05) is 0 Å². The first-order valence-corrected chi connectivity index (χ1v) is 12.5. The van der Waals surface area contributed by atoms with E-state index in [4.69, 9.17) is 4.74 Å². The molecule has 29 heavy (non-hydrogen) atoms. The van der Waals surface area contributed by atoms with Crippen LogP contribution in [-0.2, 0) is 6.42 Å². The molecule has 0 N–H and O–H groups in total. The van der Waals surface area contributed by atoms with Crippen LogP contribution >= 0.6 is 0 Å². The number of hydrogen-bond donors (Lipinski definition) is 0. The Bertz CT molecular complexity index is 744. The predicted octanol–water partition coefficient (Wildman–Crippen LogP) is 7.28. The Morgan fingerprint density at radius 3 is 2.24 bits per heavy atom. The SMILES string of the molecule is C[C@@H]1CCC[C@H]1Cc1cc(C2CC2)c(OCC23CC4CC(CC(C4)C2)C3)cc1F. The van der Waals surface area contributed by atoms with Crippen LogP contribution in [0.15, 0.2) is 12.1 Å².